The summed E-state index contributed by atoms with van der Waals surface area (Å²) < 4.78 is 13.0. The molecule has 0 bridgehead atoms. The highest BCUT2D eigenvalue weighted by atomic mass is 19.1. The third-order valence-electron chi connectivity index (χ3n) is 4.24. The van der Waals surface area contributed by atoms with Gasteiger partial charge in [-0.05, 0) is 56.6 Å². The van der Waals surface area contributed by atoms with Crippen molar-refractivity contribution < 1.29 is 9.18 Å². The fourth-order valence-corrected chi connectivity index (χ4v) is 2.80. The molecular formula is C20H27FO. The normalized spacial score (nSPS) is 20.7. The number of aldehydes is 1. The van der Waals surface area contributed by atoms with Crippen molar-refractivity contribution in [3.05, 3.63) is 58.5 Å². The summed E-state index contributed by atoms with van der Waals surface area (Å²) in [5, 5.41) is 0. The third kappa shape index (κ3) is 5.25. The lowest BCUT2D eigenvalue weighted by atomic mass is 9.72. The molecule has 0 radical (unpaired) electrons. The molecule has 22 heavy (non-hydrogen) atoms. The Balaban J connectivity index is 2.84. The van der Waals surface area contributed by atoms with Crippen LogP contribution in [0, 0.1) is 5.41 Å². The average Bonchev–Trinajstić information content (AvgIpc) is 2.45. The molecule has 0 saturated heterocycles. The topological polar surface area (TPSA) is 17.1 Å². The van der Waals surface area contributed by atoms with Crippen LogP contribution >= 0.6 is 0 Å². The van der Waals surface area contributed by atoms with Gasteiger partial charge in [0.25, 0.3) is 0 Å². The van der Waals surface area contributed by atoms with Gasteiger partial charge in [-0.25, -0.2) is 4.39 Å². The van der Waals surface area contributed by atoms with E-state index in [0.717, 1.165) is 5.57 Å². The number of carbonyl (C=O) groups is 1. The SMILES string of the molecule is CC1=C(/C=C/C(C)=C/C=C/C(C)=C(\F)C=O)C(C)(C)CCC1. The molecule has 0 aromatic rings. The minimum absolute atomic E-state index is 0.233. The minimum atomic E-state index is -0.720. The maximum Gasteiger partial charge on any atom is 0.178 e. The molecule has 0 heterocycles. The van der Waals surface area contributed by atoms with Crippen LogP contribution in [0.2, 0.25) is 0 Å². The molecule has 0 aromatic heterocycles. The summed E-state index contributed by atoms with van der Waals surface area (Å²) in [6.45, 7) is 10.4. The second-order valence-electron chi connectivity index (χ2n) is 6.68. The Bertz CT molecular complexity index is 569. The van der Waals surface area contributed by atoms with Crippen LogP contribution in [0.25, 0.3) is 0 Å². The Labute approximate surface area is 134 Å². The lowest BCUT2D eigenvalue weighted by Crippen LogP contribution is -2.19. The van der Waals surface area contributed by atoms with Gasteiger partial charge in [0.15, 0.2) is 12.1 Å². The monoisotopic (exact) mass is 302 g/mol. The second-order valence-corrected chi connectivity index (χ2v) is 6.68. The molecule has 1 aliphatic carbocycles. The number of halogens is 1. The molecule has 0 N–H and O–H groups in total. The van der Waals surface area contributed by atoms with Gasteiger partial charge in [0, 0.05) is 0 Å². The van der Waals surface area contributed by atoms with E-state index in [4.69, 9.17) is 0 Å². The quantitative estimate of drug-likeness (QED) is 0.345. The molecule has 0 amide bonds. The molecule has 1 nitrogen and oxygen atoms in total. The van der Waals surface area contributed by atoms with Gasteiger partial charge >= 0.3 is 0 Å². The highest BCUT2D eigenvalue weighted by molar-refractivity contribution is 5.72. The Kier molecular flexibility index (Phi) is 6.73. The van der Waals surface area contributed by atoms with Crippen molar-refractivity contribution in [3.8, 4) is 0 Å². The molecule has 0 aromatic carbocycles. The van der Waals surface area contributed by atoms with Gasteiger partial charge in [0.1, 0.15) is 0 Å². The molecule has 120 valence electrons. The van der Waals surface area contributed by atoms with Crippen molar-refractivity contribution >= 4 is 6.29 Å². The minimum Gasteiger partial charge on any atom is -0.295 e. The van der Waals surface area contributed by atoms with Crippen LogP contribution in [-0.2, 0) is 4.79 Å². The van der Waals surface area contributed by atoms with Gasteiger partial charge in [-0.1, -0.05) is 55.4 Å². The van der Waals surface area contributed by atoms with Gasteiger partial charge in [0.2, 0.25) is 0 Å². The Morgan fingerprint density at radius 1 is 1.23 bits per heavy atom. The highest BCUT2D eigenvalue weighted by Gasteiger charge is 2.26. The summed E-state index contributed by atoms with van der Waals surface area (Å²) in [7, 11) is 0. The Morgan fingerprint density at radius 2 is 1.91 bits per heavy atom. The van der Waals surface area contributed by atoms with Crippen LogP contribution in [0.15, 0.2) is 58.5 Å². The second kappa shape index (κ2) is 8.07. The van der Waals surface area contributed by atoms with Crippen LogP contribution in [0.4, 0.5) is 4.39 Å². The number of allylic oxidation sites excluding steroid dienone is 10. The molecule has 0 aliphatic heterocycles. The van der Waals surface area contributed by atoms with Gasteiger partial charge in [-0.15, -0.1) is 0 Å². The van der Waals surface area contributed by atoms with E-state index in [1.807, 2.05) is 13.0 Å². The average molecular weight is 302 g/mol. The smallest absolute Gasteiger partial charge is 0.178 e. The van der Waals surface area contributed by atoms with Gasteiger partial charge in [-0.2, -0.15) is 0 Å². The summed E-state index contributed by atoms with van der Waals surface area (Å²) in [5.74, 6) is -0.720. The van der Waals surface area contributed by atoms with E-state index in [1.54, 1.807) is 19.1 Å². The maximum absolute atomic E-state index is 13.0. The number of hydrogen-bond acceptors (Lipinski definition) is 1. The molecule has 2 heteroatoms. The van der Waals surface area contributed by atoms with Crippen molar-refractivity contribution in [1.29, 1.82) is 0 Å². The number of carbonyl (C=O) groups excluding carboxylic acids is 1. The molecule has 0 saturated carbocycles. The first kappa shape index (κ1) is 18.3. The Hall–Kier alpha value is -1.70. The van der Waals surface area contributed by atoms with Crippen LogP contribution in [0.5, 0.6) is 0 Å². The van der Waals surface area contributed by atoms with Crippen LogP contribution in [-0.4, -0.2) is 6.29 Å². The molecule has 1 aliphatic rings. The van der Waals surface area contributed by atoms with Crippen LogP contribution in [0.1, 0.15) is 53.9 Å². The molecule has 0 atom stereocenters. The van der Waals surface area contributed by atoms with E-state index >= 15 is 0 Å². The zero-order chi connectivity index (χ0) is 16.8. The largest absolute Gasteiger partial charge is 0.295 e. The fraction of sp³-hybridized carbons (Fsp3) is 0.450. The standard InChI is InChI=1S/C20H27FO/c1-15(8-6-9-17(3)19(21)14-22)11-12-18-16(2)10-7-13-20(18,4)5/h6,8-9,11-12,14H,7,10,13H2,1-5H3/b9-6+,12-11+,15-8+,19-17-. The molecule has 1 rings (SSSR count). The summed E-state index contributed by atoms with van der Waals surface area (Å²) in [5.41, 5.74) is 4.58. The summed E-state index contributed by atoms with van der Waals surface area (Å²) in [4.78, 5) is 10.3. The summed E-state index contributed by atoms with van der Waals surface area (Å²) in [6.07, 6.45) is 13.5. The molecular weight excluding hydrogens is 275 g/mol. The fourth-order valence-electron chi connectivity index (χ4n) is 2.80. The number of hydrogen-bond donors (Lipinski definition) is 0. The highest BCUT2D eigenvalue weighted by Crippen LogP contribution is 2.40. The summed E-state index contributed by atoms with van der Waals surface area (Å²) in [6, 6.07) is 0. The number of rotatable bonds is 5. The zero-order valence-corrected chi connectivity index (χ0v) is 14.4. The van der Waals surface area contributed by atoms with E-state index in [2.05, 4.69) is 32.9 Å². The van der Waals surface area contributed by atoms with Gasteiger partial charge in [-0.3, -0.25) is 4.79 Å². The van der Waals surface area contributed by atoms with Crippen molar-refractivity contribution in [2.75, 3.05) is 0 Å². The van der Waals surface area contributed by atoms with Crippen LogP contribution in [0.3, 0.4) is 0 Å². The van der Waals surface area contributed by atoms with Crippen molar-refractivity contribution in [1.82, 2.24) is 0 Å². The van der Waals surface area contributed by atoms with Crippen molar-refractivity contribution in [2.45, 2.75) is 53.9 Å². The van der Waals surface area contributed by atoms with E-state index in [-0.39, 0.29) is 11.7 Å². The lowest BCUT2D eigenvalue weighted by Gasteiger charge is -2.32. The first-order chi connectivity index (χ1) is 10.3. The van der Waals surface area contributed by atoms with Crippen LogP contribution < -0.4 is 0 Å². The van der Waals surface area contributed by atoms with E-state index in [0.29, 0.717) is 5.57 Å². The van der Waals surface area contributed by atoms with Gasteiger partial charge in [0.05, 0.1) is 0 Å². The Morgan fingerprint density at radius 3 is 2.50 bits per heavy atom. The van der Waals surface area contributed by atoms with E-state index in [1.165, 1.54) is 30.4 Å². The first-order valence-electron chi connectivity index (χ1n) is 7.83. The van der Waals surface area contributed by atoms with Gasteiger partial charge < -0.3 is 0 Å². The van der Waals surface area contributed by atoms with E-state index in [9.17, 15) is 9.18 Å². The zero-order valence-electron chi connectivity index (χ0n) is 14.4. The first-order valence-corrected chi connectivity index (χ1v) is 7.83. The molecule has 0 unspecified atom stereocenters. The lowest BCUT2D eigenvalue weighted by molar-refractivity contribution is -0.106. The van der Waals surface area contributed by atoms with E-state index < -0.39 is 5.83 Å². The third-order valence-corrected chi connectivity index (χ3v) is 4.24. The molecule has 0 spiro atoms. The predicted octanol–water partition coefficient (Wildman–Crippen LogP) is 6.01. The summed E-state index contributed by atoms with van der Waals surface area (Å²) >= 11 is 0. The maximum atomic E-state index is 13.0. The van der Waals surface area contributed by atoms with Crippen molar-refractivity contribution in [2.24, 2.45) is 5.41 Å². The molecule has 0 fully saturated rings. The predicted molar refractivity (Wildman–Crippen MR) is 92.2 cm³/mol. The van der Waals surface area contributed by atoms with Crippen molar-refractivity contribution in [3.63, 3.8) is 0 Å².